The van der Waals surface area contributed by atoms with Crippen LogP contribution < -0.4 is 5.56 Å². The Morgan fingerprint density at radius 2 is 1.91 bits per heavy atom. The van der Waals surface area contributed by atoms with Gasteiger partial charge in [0.05, 0.1) is 0 Å². The summed E-state index contributed by atoms with van der Waals surface area (Å²) in [6.45, 7) is 7.58. The topological polar surface area (TPSA) is 77.5 Å². The number of piperazine rings is 1. The molecule has 3 atom stereocenters. The van der Waals surface area contributed by atoms with Crippen molar-refractivity contribution < 1.29 is 4.79 Å². The van der Waals surface area contributed by atoms with Crippen molar-refractivity contribution in [3.05, 3.63) is 57.3 Å². The molecule has 0 aromatic carbocycles. The largest absolute Gasteiger partial charge is 0.340 e. The van der Waals surface area contributed by atoms with Crippen LogP contribution in [0.4, 0.5) is 0 Å². The van der Waals surface area contributed by atoms with Crippen LogP contribution >= 0.6 is 0 Å². The average Bonchev–Trinajstić information content (AvgIpc) is 3.08. The van der Waals surface area contributed by atoms with Gasteiger partial charge in [-0.1, -0.05) is 6.07 Å². The third-order valence-electron chi connectivity index (χ3n) is 7.94. The molecule has 174 valence electrons. The fraction of sp³-hybridized carbons (Fsp3) is 0.560. The van der Waals surface area contributed by atoms with Gasteiger partial charge in [0.2, 0.25) is 5.91 Å². The first-order valence-electron chi connectivity index (χ1n) is 11.8. The van der Waals surface area contributed by atoms with E-state index < -0.39 is 6.04 Å². The summed E-state index contributed by atoms with van der Waals surface area (Å²) in [4.78, 5) is 33.3. The molecule has 0 unspecified atom stereocenters. The van der Waals surface area contributed by atoms with Crippen molar-refractivity contribution in [1.29, 1.82) is 5.26 Å². The number of piperidine rings is 1. The van der Waals surface area contributed by atoms with Gasteiger partial charge in [-0.05, 0) is 38.1 Å². The van der Waals surface area contributed by atoms with E-state index in [-0.39, 0.29) is 23.3 Å². The summed E-state index contributed by atoms with van der Waals surface area (Å²) >= 11 is 0. The van der Waals surface area contributed by atoms with Gasteiger partial charge < -0.3 is 14.4 Å². The number of fused-ring (bicyclic) bond motifs is 4. The van der Waals surface area contributed by atoms with Crippen molar-refractivity contribution in [2.75, 3.05) is 46.3 Å². The lowest BCUT2D eigenvalue weighted by molar-refractivity contribution is -0.140. The summed E-state index contributed by atoms with van der Waals surface area (Å²) in [5.74, 6) is 0.419. The average molecular weight is 449 g/mol. The Bertz CT molecular complexity index is 1170. The maximum Gasteiger partial charge on any atom is 0.251 e. The van der Waals surface area contributed by atoms with Crippen molar-refractivity contribution in [3.8, 4) is 6.07 Å². The zero-order valence-electron chi connectivity index (χ0n) is 19.7. The highest BCUT2D eigenvalue weighted by Crippen LogP contribution is 2.42. The first kappa shape index (κ1) is 21.9. The van der Waals surface area contributed by atoms with Crippen LogP contribution in [0.5, 0.6) is 0 Å². The van der Waals surface area contributed by atoms with Crippen molar-refractivity contribution in [2.45, 2.75) is 31.8 Å². The van der Waals surface area contributed by atoms with E-state index in [0.717, 1.165) is 56.1 Å². The molecule has 2 aromatic rings. The molecule has 5 heterocycles. The fourth-order valence-corrected chi connectivity index (χ4v) is 5.96. The van der Waals surface area contributed by atoms with E-state index in [1.807, 2.05) is 34.7 Å². The number of hydrogen-bond acceptors (Lipinski definition) is 5. The van der Waals surface area contributed by atoms with Crippen LogP contribution in [0.2, 0.25) is 0 Å². The number of likely N-dealkylation sites (tertiary alicyclic amines) is 1. The number of carbonyl (C=O) groups is 1. The third-order valence-corrected chi connectivity index (χ3v) is 7.94. The van der Waals surface area contributed by atoms with E-state index in [2.05, 4.69) is 29.8 Å². The van der Waals surface area contributed by atoms with E-state index in [1.165, 1.54) is 0 Å². The minimum Gasteiger partial charge on any atom is -0.340 e. The van der Waals surface area contributed by atoms with Gasteiger partial charge in [0.15, 0.2) is 0 Å². The second kappa shape index (κ2) is 8.47. The Labute approximate surface area is 194 Å². The van der Waals surface area contributed by atoms with Gasteiger partial charge in [0, 0.05) is 82.2 Å². The van der Waals surface area contributed by atoms with Crippen molar-refractivity contribution in [2.24, 2.45) is 13.0 Å². The maximum atomic E-state index is 13.8. The lowest BCUT2D eigenvalue weighted by Gasteiger charge is -2.47. The first-order chi connectivity index (χ1) is 15.9. The molecule has 0 aliphatic carbocycles. The first-order valence-corrected chi connectivity index (χ1v) is 11.8. The molecule has 8 heteroatoms. The minimum absolute atomic E-state index is 0.0688. The predicted octanol–water partition coefficient (Wildman–Crippen LogP) is 1.30. The molecular formula is C25H32N6O2. The van der Waals surface area contributed by atoms with Crippen molar-refractivity contribution in [3.63, 3.8) is 0 Å². The number of nitriles is 1. The minimum atomic E-state index is -0.442. The molecule has 2 saturated heterocycles. The predicted molar refractivity (Wildman–Crippen MR) is 125 cm³/mol. The van der Waals surface area contributed by atoms with Crippen LogP contribution in [-0.4, -0.2) is 76.1 Å². The van der Waals surface area contributed by atoms with Crippen LogP contribution in [0.15, 0.2) is 29.1 Å². The number of amides is 1. The van der Waals surface area contributed by atoms with Gasteiger partial charge in [-0.15, -0.1) is 0 Å². The van der Waals surface area contributed by atoms with E-state index >= 15 is 0 Å². The summed E-state index contributed by atoms with van der Waals surface area (Å²) in [7, 11) is 4.00. The molecule has 8 nitrogen and oxygen atoms in total. The van der Waals surface area contributed by atoms with Crippen LogP contribution in [0.3, 0.4) is 0 Å². The van der Waals surface area contributed by atoms with E-state index in [4.69, 9.17) is 0 Å². The summed E-state index contributed by atoms with van der Waals surface area (Å²) in [6, 6.07) is 9.24. The zero-order valence-corrected chi connectivity index (χ0v) is 19.7. The molecule has 3 aliphatic heterocycles. The lowest BCUT2D eigenvalue weighted by Crippen LogP contribution is -2.56. The normalized spacial score (nSPS) is 25.5. The molecular weight excluding hydrogens is 416 g/mol. The summed E-state index contributed by atoms with van der Waals surface area (Å²) in [6.07, 6.45) is 0.932. The molecule has 2 aromatic heterocycles. The molecule has 0 spiro atoms. The van der Waals surface area contributed by atoms with Gasteiger partial charge >= 0.3 is 0 Å². The number of likely N-dealkylation sites (N-methyl/N-ethyl adjacent to an activating group) is 1. The number of pyridine rings is 1. The third kappa shape index (κ3) is 3.79. The smallest absolute Gasteiger partial charge is 0.251 e. The molecule has 33 heavy (non-hydrogen) atoms. The Morgan fingerprint density at radius 1 is 1.15 bits per heavy atom. The molecule has 5 rings (SSSR count). The molecule has 2 bridgehead atoms. The number of aromatic nitrogens is 2. The highest BCUT2D eigenvalue weighted by atomic mass is 16.2. The number of hydrogen-bond donors (Lipinski definition) is 0. The highest BCUT2D eigenvalue weighted by Gasteiger charge is 2.45. The van der Waals surface area contributed by atoms with Gasteiger partial charge in [0.1, 0.15) is 17.8 Å². The second-order valence-corrected chi connectivity index (χ2v) is 9.93. The Kier molecular flexibility index (Phi) is 5.63. The lowest BCUT2D eigenvalue weighted by atomic mass is 9.77. The van der Waals surface area contributed by atoms with Gasteiger partial charge in [0.25, 0.3) is 5.56 Å². The van der Waals surface area contributed by atoms with E-state index in [9.17, 15) is 14.9 Å². The molecule has 3 aliphatic rings. The highest BCUT2D eigenvalue weighted by molar-refractivity contribution is 5.81. The zero-order chi connectivity index (χ0) is 23.3. The molecule has 0 saturated carbocycles. The number of nitrogens with zero attached hydrogens (tertiary/aromatic N) is 6. The number of carbonyl (C=O) groups excluding carboxylic acids is 1. The quantitative estimate of drug-likeness (QED) is 0.708. The Balaban J connectivity index is 1.46. The standard InChI is InChI=1S/C25H32N6O2/c1-17-18(12-21(13-26)28(17)3)14-29-15-19-11-20(16-29)24(31-22(19)5-4-6-23(31)32)25(33)30-9-7-27(2)8-10-30/h4-6,12,19-20,24H,7-11,14-16H2,1-3H3/t19-,20+,24-/m1/s1. The fourth-order valence-electron chi connectivity index (χ4n) is 5.96. The summed E-state index contributed by atoms with van der Waals surface area (Å²) < 4.78 is 3.74. The van der Waals surface area contributed by atoms with Crippen molar-refractivity contribution in [1.82, 2.24) is 23.8 Å². The molecule has 0 radical (unpaired) electrons. The Hall–Kier alpha value is -2.89. The van der Waals surface area contributed by atoms with Crippen molar-refractivity contribution >= 4 is 5.91 Å². The van der Waals surface area contributed by atoms with Crippen LogP contribution in [0.1, 0.15) is 41.0 Å². The SMILES string of the molecule is Cc1c(CN2C[C@H]3C[C@@H](C2)[C@H](C(=O)N2CCN(C)CC2)n2c3cccc2=O)cc(C#N)n1C. The van der Waals surface area contributed by atoms with Gasteiger partial charge in [-0.2, -0.15) is 5.26 Å². The van der Waals surface area contributed by atoms with Crippen LogP contribution in [0.25, 0.3) is 0 Å². The van der Waals surface area contributed by atoms with E-state index in [1.54, 1.807) is 10.6 Å². The monoisotopic (exact) mass is 448 g/mol. The summed E-state index contributed by atoms with van der Waals surface area (Å²) in [5, 5.41) is 9.40. The van der Waals surface area contributed by atoms with E-state index in [0.29, 0.717) is 18.8 Å². The number of rotatable bonds is 3. The maximum absolute atomic E-state index is 13.8. The van der Waals surface area contributed by atoms with Crippen LogP contribution in [0, 0.1) is 24.2 Å². The van der Waals surface area contributed by atoms with Gasteiger partial charge in [-0.3, -0.25) is 19.1 Å². The molecule has 0 N–H and O–H groups in total. The van der Waals surface area contributed by atoms with Gasteiger partial charge in [-0.25, -0.2) is 0 Å². The molecule has 2 fully saturated rings. The Morgan fingerprint density at radius 3 is 2.61 bits per heavy atom. The van der Waals surface area contributed by atoms with Crippen LogP contribution in [-0.2, 0) is 18.4 Å². The molecule has 1 amide bonds. The second-order valence-electron chi connectivity index (χ2n) is 9.93. The summed E-state index contributed by atoms with van der Waals surface area (Å²) in [5.41, 5.74) is 3.84.